The fourth-order valence-corrected chi connectivity index (χ4v) is 5.32. The summed E-state index contributed by atoms with van der Waals surface area (Å²) in [7, 11) is -3.18. The second-order valence-corrected chi connectivity index (χ2v) is 9.30. The predicted molar refractivity (Wildman–Crippen MR) is 99.8 cm³/mol. The maximum absolute atomic E-state index is 12.4. The van der Waals surface area contributed by atoms with E-state index in [1.165, 1.54) is 12.0 Å². The average Bonchev–Trinajstić information content (AvgIpc) is 2.62. The van der Waals surface area contributed by atoms with E-state index in [9.17, 15) is 13.2 Å². The monoisotopic (exact) mass is 364 g/mol. The third-order valence-electron chi connectivity index (χ3n) is 5.28. The molecule has 6 heteroatoms. The van der Waals surface area contributed by atoms with Gasteiger partial charge >= 0.3 is 0 Å². The van der Waals surface area contributed by atoms with Crippen molar-refractivity contribution in [3.8, 4) is 0 Å². The molecule has 1 saturated carbocycles. The molecule has 0 saturated heterocycles. The summed E-state index contributed by atoms with van der Waals surface area (Å²) >= 11 is 0. The second kappa shape index (κ2) is 7.87. The molecule has 2 aliphatic rings. The van der Waals surface area contributed by atoms with Crippen molar-refractivity contribution in [1.29, 1.82) is 0 Å². The molecule has 0 unspecified atom stereocenters. The Bertz CT molecular complexity index is 724. The van der Waals surface area contributed by atoms with Crippen molar-refractivity contribution in [2.45, 2.75) is 58.4 Å². The maximum Gasteiger partial charge on any atom is 0.227 e. The molecular formula is C19H28N2O3S. The molecule has 1 aromatic rings. The Hall–Kier alpha value is -1.40. The zero-order valence-corrected chi connectivity index (χ0v) is 15.8. The predicted octanol–water partition coefficient (Wildman–Crippen LogP) is 3.30. The largest absolute Gasteiger partial charge is 0.326 e. The van der Waals surface area contributed by atoms with E-state index in [1.54, 1.807) is 4.31 Å². The molecule has 3 rings (SSSR count). The van der Waals surface area contributed by atoms with Crippen LogP contribution in [-0.4, -0.2) is 30.9 Å². The van der Waals surface area contributed by atoms with Crippen molar-refractivity contribution in [3.05, 3.63) is 29.3 Å². The van der Waals surface area contributed by atoms with Crippen LogP contribution in [0.4, 0.5) is 5.69 Å². The second-order valence-electron chi connectivity index (χ2n) is 7.21. The summed E-state index contributed by atoms with van der Waals surface area (Å²) in [6.07, 6.45) is 6.79. The number of carbonyl (C=O) groups excluding carboxylic acids is 1. The molecule has 0 radical (unpaired) electrons. The van der Waals surface area contributed by atoms with Crippen LogP contribution < -0.4 is 5.32 Å². The van der Waals surface area contributed by atoms with Crippen LogP contribution in [0.3, 0.4) is 0 Å². The van der Waals surface area contributed by atoms with Gasteiger partial charge in [-0.1, -0.05) is 32.3 Å². The van der Waals surface area contributed by atoms with Gasteiger partial charge in [0.2, 0.25) is 15.9 Å². The average molecular weight is 365 g/mol. The van der Waals surface area contributed by atoms with Gasteiger partial charge in [-0.15, -0.1) is 0 Å². The van der Waals surface area contributed by atoms with Crippen molar-refractivity contribution in [3.63, 3.8) is 0 Å². The number of fused-ring (bicyclic) bond motifs is 1. The molecule has 25 heavy (non-hydrogen) atoms. The molecular weight excluding hydrogens is 336 g/mol. The summed E-state index contributed by atoms with van der Waals surface area (Å²) in [5.74, 6) is 0.414. The molecule has 0 spiro atoms. The van der Waals surface area contributed by atoms with E-state index in [1.807, 2.05) is 25.1 Å². The quantitative estimate of drug-likeness (QED) is 0.872. The minimum Gasteiger partial charge on any atom is -0.326 e. The minimum atomic E-state index is -3.18. The summed E-state index contributed by atoms with van der Waals surface area (Å²) in [6.45, 7) is 2.84. The Morgan fingerprint density at radius 2 is 1.96 bits per heavy atom. The molecule has 5 nitrogen and oxygen atoms in total. The maximum atomic E-state index is 12.4. The SMILES string of the molecule is CCCS(=O)(=O)N1CCc2ccc(NC(=O)C3CCCCC3)cc2C1. The van der Waals surface area contributed by atoms with Gasteiger partial charge in [0.25, 0.3) is 0 Å². The van der Waals surface area contributed by atoms with Crippen LogP contribution in [0.1, 0.15) is 56.6 Å². The topological polar surface area (TPSA) is 66.5 Å². The van der Waals surface area contributed by atoms with Crippen LogP contribution in [-0.2, 0) is 27.8 Å². The smallest absolute Gasteiger partial charge is 0.227 e. The van der Waals surface area contributed by atoms with Crippen molar-refractivity contribution in [2.24, 2.45) is 5.92 Å². The molecule has 1 aromatic carbocycles. The van der Waals surface area contributed by atoms with Crippen molar-refractivity contribution < 1.29 is 13.2 Å². The van der Waals surface area contributed by atoms with Gasteiger partial charge in [-0.3, -0.25) is 4.79 Å². The van der Waals surface area contributed by atoms with Crippen LogP contribution in [0.25, 0.3) is 0 Å². The summed E-state index contributed by atoms with van der Waals surface area (Å²) in [5, 5.41) is 3.03. The minimum absolute atomic E-state index is 0.103. The van der Waals surface area contributed by atoms with E-state index in [0.717, 1.165) is 43.4 Å². The lowest BCUT2D eigenvalue weighted by Crippen LogP contribution is -2.37. The zero-order valence-electron chi connectivity index (χ0n) is 15.0. The third-order valence-corrected chi connectivity index (χ3v) is 7.31. The van der Waals surface area contributed by atoms with Gasteiger partial charge in [-0.2, -0.15) is 4.31 Å². The Morgan fingerprint density at radius 1 is 1.20 bits per heavy atom. The fraction of sp³-hybridized carbons (Fsp3) is 0.632. The molecule has 1 fully saturated rings. The number of sulfonamides is 1. The molecule has 0 aromatic heterocycles. The van der Waals surface area contributed by atoms with E-state index in [2.05, 4.69) is 5.32 Å². The molecule has 1 aliphatic carbocycles. The number of benzene rings is 1. The number of carbonyl (C=O) groups is 1. The van der Waals surface area contributed by atoms with E-state index in [-0.39, 0.29) is 17.6 Å². The Kier molecular flexibility index (Phi) is 5.79. The molecule has 138 valence electrons. The molecule has 1 amide bonds. The molecule has 0 bridgehead atoms. The number of nitrogens with zero attached hydrogens (tertiary/aromatic N) is 1. The van der Waals surface area contributed by atoms with Crippen LogP contribution in [0.2, 0.25) is 0 Å². The van der Waals surface area contributed by atoms with E-state index in [0.29, 0.717) is 19.5 Å². The highest BCUT2D eigenvalue weighted by atomic mass is 32.2. The van der Waals surface area contributed by atoms with Crippen LogP contribution in [0.5, 0.6) is 0 Å². The fourth-order valence-electron chi connectivity index (χ4n) is 3.84. The van der Waals surface area contributed by atoms with Gasteiger partial charge in [0.05, 0.1) is 5.75 Å². The summed E-state index contributed by atoms with van der Waals surface area (Å²) in [6, 6.07) is 5.91. The summed E-state index contributed by atoms with van der Waals surface area (Å²) in [4.78, 5) is 12.4. The van der Waals surface area contributed by atoms with Crippen LogP contribution >= 0.6 is 0 Å². The number of nitrogens with one attached hydrogen (secondary N) is 1. The van der Waals surface area contributed by atoms with Gasteiger partial charge in [0, 0.05) is 24.7 Å². The third kappa shape index (κ3) is 4.42. The highest BCUT2D eigenvalue weighted by Crippen LogP contribution is 2.27. The number of rotatable bonds is 5. The van der Waals surface area contributed by atoms with E-state index in [4.69, 9.17) is 0 Å². The first-order chi connectivity index (χ1) is 12.0. The van der Waals surface area contributed by atoms with Crippen molar-refractivity contribution in [2.75, 3.05) is 17.6 Å². The Labute approximate surface area is 150 Å². The first-order valence-corrected chi connectivity index (χ1v) is 11.0. The normalized spacial score (nSPS) is 19.4. The Morgan fingerprint density at radius 3 is 2.68 bits per heavy atom. The van der Waals surface area contributed by atoms with Gasteiger partial charge in [-0.05, 0) is 48.9 Å². The lowest BCUT2D eigenvalue weighted by atomic mass is 9.88. The number of hydrogen-bond acceptors (Lipinski definition) is 3. The van der Waals surface area contributed by atoms with Gasteiger partial charge < -0.3 is 5.32 Å². The highest BCUT2D eigenvalue weighted by Gasteiger charge is 2.26. The lowest BCUT2D eigenvalue weighted by Gasteiger charge is -2.28. The Balaban J connectivity index is 1.70. The van der Waals surface area contributed by atoms with E-state index >= 15 is 0 Å². The molecule has 1 N–H and O–H groups in total. The first kappa shape index (κ1) is 18.4. The number of amides is 1. The van der Waals surface area contributed by atoms with E-state index < -0.39 is 10.0 Å². The lowest BCUT2D eigenvalue weighted by molar-refractivity contribution is -0.120. The standard InChI is InChI=1S/C19H28N2O3S/c1-2-12-25(23,24)21-11-10-15-8-9-18(13-17(15)14-21)20-19(22)16-6-4-3-5-7-16/h8-9,13,16H,2-7,10-12,14H2,1H3,(H,20,22). The molecule has 1 heterocycles. The first-order valence-electron chi connectivity index (χ1n) is 9.40. The van der Waals surface area contributed by atoms with Crippen molar-refractivity contribution in [1.82, 2.24) is 4.31 Å². The highest BCUT2D eigenvalue weighted by molar-refractivity contribution is 7.89. The molecule has 0 atom stereocenters. The van der Waals surface area contributed by atoms with Gasteiger partial charge in [0.1, 0.15) is 0 Å². The summed E-state index contributed by atoms with van der Waals surface area (Å²) < 4.78 is 26.2. The van der Waals surface area contributed by atoms with Crippen LogP contribution in [0, 0.1) is 5.92 Å². The van der Waals surface area contributed by atoms with Gasteiger partial charge in [0.15, 0.2) is 0 Å². The van der Waals surface area contributed by atoms with Gasteiger partial charge in [-0.25, -0.2) is 8.42 Å². The molecule has 1 aliphatic heterocycles. The van der Waals surface area contributed by atoms with Crippen LogP contribution in [0.15, 0.2) is 18.2 Å². The zero-order chi connectivity index (χ0) is 17.9. The van der Waals surface area contributed by atoms with Crippen molar-refractivity contribution >= 4 is 21.6 Å². The summed E-state index contributed by atoms with van der Waals surface area (Å²) in [5.41, 5.74) is 2.97. The number of anilines is 1. The number of hydrogen-bond donors (Lipinski definition) is 1.